The fourth-order valence-electron chi connectivity index (χ4n) is 2.03. The van der Waals surface area contributed by atoms with Gasteiger partial charge in [-0.1, -0.05) is 29.8 Å². The minimum atomic E-state index is -0.223. The molecule has 0 radical (unpaired) electrons. The van der Waals surface area contributed by atoms with Crippen molar-refractivity contribution in [3.63, 3.8) is 0 Å². The number of carbonyl (C=O) groups excluding carboxylic acids is 2. The van der Waals surface area contributed by atoms with Crippen LogP contribution in [0.4, 0.5) is 0 Å². The molecule has 0 aliphatic carbocycles. The van der Waals surface area contributed by atoms with Crippen LogP contribution in [0.25, 0.3) is 0 Å². The van der Waals surface area contributed by atoms with Gasteiger partial charge in [0.1, 0.15) is 0 Å². The average Bonchev–Trinajstić information content (AvgIpc) is 2.53. The number of halogens is 1. The van der Waals surface area contributed by atoms with Crippen molar-refractivity contribution < 1.29 is 9.59 Å². The van der Waals surface area contributed by atoms with E-state index in [9.17, 15) is 9.59 Å². The zero-order valence-electron chi connectivity index (χ0n) is 13.1. The van der Waals surface area contributed by atoms with Crippen LogP contribution in [0, 0.1) is 0 Å². The van der Waals surface area contributed by atoms with E-state index in [-0.39, 0.29) is 17.9 Å². The Balaban J connectivity index is 2.02. The molecule has 0 aliphatic heterocycles. The van der Waals surface area contributed by atoms with Gasteiger partial charge in [0.2, 0.25) is 0 Å². The van der Waals surface area contributed by atoms with Gasteiger partial charge in [-0.05, 0) is 49.7 Å². The fraction of sp³-hybridized carbons (Fsp3) is 0.222. The van der Waals surface area contributed by atoms with Crippen LogP contribution in [0.1, 0.15) is 40.1 Å². The zero-order chi connectivity index (χ0) is 16.8. The van der Waals surface area contributed by atoms with E-state index in [1.807, 2.05) is 26.0 Å². The quantitative estimate of drug-likeness (QED) is 0.882. The first-order valence-corrected chi connectivity index (χ1v) is 7.77. The summed E-state index contributed by atoms with van der Waals surface area (Å²) >= 11 is 5.83. The van der Waals surface area contributed by atoms with Gasteiger partial charge in [0, 0.05) is 28.7 Å². The molecule has 0 unspecified atom stereocenters. The lowest BCUT2D eigenvalue weighted by Crippen LogP contribution is -2.30. The van der Waals surface area contributed by atoms with Crippen LogP contribution in [-0.4, -0.2) is 17.9 Å². The molecular formula is C18H19ClN2O2. The lowest BCUT2D eigenvalue weighted by atomic mass is 10.1. The Bertz CT molecular complexity index is 696. The standard InChI is InChI=1S/C18H19ClN2O2/c1-12(2)21-18(23)15-5-3-4-14(10-15)17(22)20-11-13-6-8-16(19)9-7-13/h3-10,12H,11H2,1-2H3,(H,20,22)(H,21,23). The molecule has 23 heavy (non-hydrogen) atoms. The van der Waals surface area contributed by atoms with E-state index in [1.165, 1.54) is 0 Å². The maximum Gasteiger partial charge on any atom is 0.251 e. The Morgan fingerprint density at radius 2 is 1.61 bits per heavy atom. The number of rotatable bonds is 5. The summed E-state index contributed by atoms with van der Waals surface area (Å²) in [5.74, 6) is -0.411. The molecule has 0 heterocycles. The molecule has 4 nitrogen and oxygen atoms in total. The first-order valence-electron chi connectivity index (χ1n) is 7.39. The Labute approximate surface area is 140 Å². The highest BCUT2D eigenvalue weighted by Crippen LogP contribution is 2.10. The molecule has 120 valence electrons. The first kappa shape index (κ1) is 17.0. The Hall–Kier alpha value is -2.33. The predicted octanol–water partition coefficient (Wildman–Crippen LogP) is 3.41. The van der Waals surface area contributed by atoms with Gasteiger partial charge < -0.3 is 10.6 Å². The monoisotopic (exact) mass is 330 g/mol. The molecule has 0 aliphatic rings. The molecule has 0 atom stereocenters. The van der Waals surface area contributed by atoms with Crippen LogP contribution in [0.2, 0.25) is 5.02 Å². The fourth-order valence-corrected chi connectivity index (χ4v) is 2.16. The number of hydrogen-bond donors (Lipinski definition) is 2. The second-order valence-electron chi connectivity index (χ2n) is 5.52. The van der Waals surface area contributed by atoms with E-state index >= 15 is 0 Å². The summed E-state index contributed by atoms with van der Waals surface area (Å²) < 4.78 is 0. The summed E-state index contributed by atoms with van der Waals surface area (Å²) in [6.07, 6.45) is 0. The molecule has 2 amide bonds. The maximum absolute atomic E-state index is 12.2. The van der Waals surface area contributed by atoms with Crippen LogP contribution in [0.15, 0.2) is 48.5 Å². The van der Waals surface area contributed by atoms with Crippen LogP contribution in [0.5, 0.6) is 0 Å². The van der Waals surface area contributed by atoms with E-state index in [1.54, 1.807) is 36.4 Å². The van der Waals surface area contributed by atoms with Gasteiger partial charge >= 0.3 is 0 Å². The molecule has 0 saturated carbocycles. The third kappa shape index (κ3) is 5.11. The molecule has 0 fully saturated rings. The number of carbonyl (C=O) groups is 2. The molecule has 2 rings (SSSR count). The molecule has 0 aromatic heterocycles. The second-order valence-corrected chi connectivity index (χ2v) is 5.95. The summed E-state index contributed by atoms with van der Waals surface area (Å²) in [6.45, 7) is 4.18. The third-order valence-electron chi connectivity index (χ3n) is 3.17. The van der Waals surface area contributed by atoms with Gasteiger partial charge in [0.15, 0.2) is 0 Å². The third-order valence-corrected chi connectivity index (χ3v) is 3.43. The van der Waals surface area contributed by atoms with E-state index in [4.69, 9.17) is 11.6 Å². The summed E-state index contributed by atoms with van der Waals surface area (Å²) in [5.41, 5.74) is 1.88. The highest BCUT2D eigenvalue weighted by molar-refractivity contribution is 6.30. The first-order chi connectivity index (χ1) is 11.0. The van der Waals surface area contributed by atoms with Crippen LogP contribution >= 0.6 is 11.6 Å². The normalized spacial score (nSPS) is 10.4. The minimum absolute atomic E-state index is 0.0462. The SMILES string of the molecule is CC(C)NC(=O)c1cccc(C(=O)NCc2ccc(Cl)cc2)c1. The maximum atomic E-state index is 12.2. The van der Waals surface area contributed by atoms with Crippen LogP contribution in [-0.2, 0) is 6.54 Å². The molecular weight excluding hydrogens is 312 g/mol. The van der Waals surface area contributed by atoms with E-state index < -0.39 is 0 Å². The van der Waals surface area contributed by atoms with Gasteiger partial charge in [-0.2, -0.15) is 0 Å². The van der Waals surface area contributed by atoms with E-state index in [2.05, 4.69) is 10.6 Å². The van der Waals surface area contributed by atoms with E-state index in [0.29, 0.717) is 22.7 Å². The smallest absolute Gasteiger partial charge is 0.251 e. The number of benzene rings is 2. The topological polar surface area (TPSA) is 58.2 Å². The highest BCUT2D eigenvalue weighted by atomic mass is 35.5. The summed E-state index contributed by atoms with van der Waals surface area (Å²) in [7, 11) is 0. The largest absolute Gasteiger partial charge is 0.350 e. The molecule has 0 spiro atoms. The number of amides is 2. The molecule has 0 saturated heterocycles. The van der Waals surface area contributed by atoms with Crippen LogP contribution in [0.3, 0.4) is 0 Å². The highest BCUT2D eigenvalue weighted by Gasteiger charge is 2.11. The molecule has 2 aromatic carbocycles. The Morgan fingerprint density at radius 1 is 1.00 bits per heavy atom. The lowest BCUT2D eigenvalue weighted by molar-refractivity contribution is 0.0943. The van der Waals surface area contributed by atoms with Crippen molar-refractivity contribution in [2.45, 2.75) is 26.4 Å². The van der Waals surface area contributed by atoms with Crippen molar-refractivity contribution in [2.75, 3.05) is 0 Å². The summed E-state index contributed by atoms with van der Waals surface area (Å²) in [6, 6.07) is 14.0. The van der Waals surface area contributed by atoms with Gasteiger partial charge in [-0.25, -0.2) is 0 Å². The molecule has 2 aromatic rings. The van der Waals surface area contributed by atoms with Crippen LogP contribution < -0.4 is 10.6 Å². The van der Waals surface area contributed by atoms with Crippen molar-refractivity contribution in [3.05, 3.63) is 70.2 Å². The van der Waals surface area contributed by atoms with Crippen molar-refractivity contribution in [1.82, 2.24) is 10.6 Å². The molecule has 0 bridgehead atoms. The number of hydrogen-bond acceptors (Lipinski definition) is 2. The van der Waals surface area contributed by atoms with Gasteiger partial charge in [0.25, 0.3) is 11.8 Å². The van der Waals surface area contributed by atoms with Crippen molar-refractivity contribution in [3.8, 4) is 0 Å². The van der Waals surface area contributed by atoms with Gasteiger partial charge in [0.05, 0.1) is 0 Å². The minimum Gasteiger partial charge on any atom is -0.350 e. The van der Waals surface area contributed by atoms with Crippen molar-refractivity contribution in [2.24, 2.45) is 0 Å². The molecule has 2 N–H and O–H groups in total. The average molecular weight is 331 g/mol. The zero-order valence-corrected chi connectivity index (χ0v) is 13.9. The van der Waals surface area contributed by atoms with Crippen molar-refractivity contribution in [1.29, 1.82) is 0 Å². The molecule has 5 heteroatoms. The Kier molecular flexibility index (Phi) is 5.77. The lowest BCUT2D eigenvalue weighted by Gasteiger charge is -2.10. The van der Waals surface area contributed by atoms with Gasteiger partial charge in [-0.15, -0.1) is 0 Å². The number of nitrogens with one attached hydrogen (secondary N) is 2. The second kappa shape index (κ2) is 7.79. The van der Waals surface area contributed by atoms with Crippen molar-refractivity contribution >= 4 is 23.4 Å². The summed E-state index contributed by atoms with van der Waals surface area (Å²) in [4.78, 5) is 24.2. The Morgan fingerprint density at radius 3 is 2.22 bits per heavy atom. The summed E-state index contributed by atoms with van der Waals surface area (Å²) in [5, 5.41) is 6.29. The van der Waals surface area contributed by atoms with E-state index in [0.717, 1.165) is 5.56 Å². The van der Waals surface area contributed by atoms with Gasteiger partial charge in [-0.3, -0.25) is 9.59 Å². The predicted molar refractivity (Wildman–Crippen MR) is 91.7 cm³/mol.